The first-order valence-electron chi connectivity index (χ1n) is 4.80. The Hall–Kier alpha value is -0.420. The van der Waals surface area contributed by atoms with Gasteiger partial charge in [-0.3, -0.25) is 13.8 Å². The van der Waals surface area contributed by atoms with Gasteiger partial charge in [-0.15, -0.1) is 0 Å². The van der Waals surface area contributed by atoms with Crippen molar-refractivity contribution in [3.63, 3.8) is 0 Å². The van der Waals surface area contributed by atoms with Crippen LogP contribution >= 0.6 is 7.82 Å². The minimum atomic E-state index is -3.96. The zero-order chi connectivity index (χ0) is 11.7. The lowest BCUT2D eigenvalue weighted by atomic mass is 10.1. The molecule has 0 heterocycles. The van der Waals surface area contributed by atoms with Crippen molar-refractivity contribution in [3.05, 3.63) is 0 Å². The topological polar surface area (TPSA) is 84.9 Å². The second kappa shape index (κ2) is 7.82. The average molecular weight is 239 g/mol. The van der Waals surface area contributed by atoms with Crippen molar-refractivity contribution in [1.82, 2.24) is 5.32 Å². The van der Waals surface area contributed by atoms with Crippen LogP contribution in [0.15, 0.2) is 0 Å². The Bertz CT molecular complexity index is 223. The monoisotopic (exact) mass is 239 g/mol. The van der Waals surface area contributed by atoms with Gasteiger partial charge in [0.1, 0.15) is 0 Å². The molecule has 90 valence electrons. The molecule has 0 bridgehead atoms. The fourth-order valence-electron chi connectivity index (χ4n) is 0.655. The summed E-state index contributed by atoms with van der Waals surface area (Å²) in [5.74, 6) is 0.210. The fraction of sp³-hybridized carbons (Fsp3) is 0.875. The number of nitrogens with one attached hydrogen (secondary N) is 1. The molecule has 0 aromatic heterocycles. The zero-order valence-electron chi connectivity index (χ0n) is 9.01. The van der Waals surface area contributed by atoms with Crippen LogP contribution in [-0.2, 0) is 18.4 Å². The highest BCUT2D eigenvalue weighted by Crippen LogP contribution is 2.43. The normalized spacial score (nSPS) is 16.7. The molecule has 0 aromatic rings. The van der Waals surface area contributed by atoms with Crippen molar-refractivity contribution in [1.29, 1.82) is 0 Å². The van der Waals surface area contributed by atoms with Gasteiger partial charge in [-0.1, -0.05) is 20.3 Å². The van der Waals surface area contributed by atoms with Crippen LogP contribution in [0.5, 0.6) is 0 Å². The first-order valence-corrected chi connectivity index (χ1v) is 6.30. The van der Waals surface area contributed by atoms with Crippen molar-refractivity contribution < 1.29 is 23.3 Å². The van der Waals surface area contributed by atoms with Crippen LogP contribution in [0, 0.1) is 5.92 Å². The second-order valence-electron chi connectivity index (χ2n) is 3.18. The van der Waals surface area contributed by atoms with Crippen LogP contribution < -0.4 is 5.32 Å². The van der Waals surface area contributed by atoms with Crippen molar-refractivity contribution in [3.8, 4) is 0 Å². The summed E-state index contributed by atoms with van der Waals surface area (Å²) in [5.41, 5.74) is 0. The molecule has 15 heavy (non-hydrogen) atoms. The third-order valence-corrected chi connectivity index (χ3v) is 2.79. The number of rotatable bonds is 9. The van der Waals surface area contributed by atoms with E-state index < -0.39 is 7.82 Å². The number of hydrogen-bond donors (Lipinski definition) is 2. The van der Waals surface area contributed by atoms with E-state index in [9.17, 15) is 9.36 Å². The maximum Gasteiger partial charge on any atom is 0.472 e. The third-order valence-electron chi connectivity index (χ3n) is 1.80. The molecule has 0 saturated carbocycles. The van der Waals surface area contributed by atoms with Crippen molar-refractivity contribution in [2.24, 2.45) is 5.92 Å². The molecule has 0 fully saturated rings. The molecule has 0 radical (unpaired) electrons. The predicted octanol–water partition coefficient (Wildman–Crippen LogP) is 0.912. The van der Waals surface area contributed by atoms with E-state index >= 15 is 0 Å². The van der Waals surface area contributed by atoms with E-state index in [1.807, 2.05) is 13.8 Å². The summed E-state index contributed by atoms with van der Waals surface area (Å²) in [7, 11) is -3.96. The van der Waals surface area contributed by atoms with Crippen LogP contribution in [0.1, 0.15) is 20.3 Å². The molecule has 0 aliphatic rings. The number of phosphoric ester groups is 1. The summed E-state index contributed by atoms with van der Waals surface area (Å²) in [6.45, 7) is 4.19. The molecule has 2 N–H and O–H groups in total. The molecule has 2 unspecified atom stereocenters. The van der Waals surface area contributed by atoms with Crippen LogP contribution in [0.4, 0.5) is 0 Å². The minimum Gasteiger partial charge on any atom is -0.356 e. The van der Waals surface area contributed by atoms with E-state index in [4.69, 9.17) is 9.42 Å². The molecule has 0 aromatic carbocycles. The quantitative estimate of drug-likeness (QED) is 0.355. The summed E-state index contributed by atoms with van der Waals surface area (Å²) < 4.78 is 20.5. The van der Waals surface area contributed by atoms with E-state index in [2.05, 4.69) is 9.84 Å². The molecular formula is C8H18NO5P. The van der Waals surface area contributed by atoms with Gasteiger partial charge in [0, 0.05) is 6.54 Å². The Morgan fingerprint density at radius 2 is 2.20 bits per heavy atom. The molecule has 1 amide bonds. The first-order chi connectivity index (χ1) is 7.02. The van der Waals surface area contributed by atoms with E-state index in [-0.39, 0.29) is 25.7 Å². The highest BCUT2D eigenvalue weighted by molar-refractivity contribution is 7.47. The Morgan fingerprint density at radius 1 is 1.53 bits per heavy atom. The maximum atomic E-state index is 11.2. The zero-order valence-corrected chi connectivity index (χ0v) is 9.90. The van der Waals surface area contributed by atoms with Crippen LogP contribution in [0.2, 0.25) is 0 Å². The molecule has 0 rings (SSSR count). The lowest BCUT2D eigenvalue weighted by Crippen LogP contribution is -2.17. The van der Waals surface area contributed by atoms with Gasteiger partial charge in [-0.25, -0.2) is 4.57 Å². The second-order valence-corrected chi connectivity index (χ2v) is 4.64. The number of carbonyl (C=O) groups excluding carboxylic acids is 1. The first kappa shape index (κ1) is 14.6. The van der Waals surface area contributed by atoms with Crippen molar-refractivity contribution in [2.45, 2.75) is 20.3 Å². The number of amides is 1. The highest BCUT2D eigenvalue weighted by atomic mass is 31.2. The lowest BCUT2D eigenvalue weighted by Gasteiger charge is -2.14. The summed E-state index contributed by atoms with van der Waals surface area (Å²) in [6, 6.07) is 0. The summed E-state index contributed by atoms with van der Waals surface area (Å²) >= 11 is 0. The van der Waals surface area contributed by atoms with Gasteiger partial charge < -0.3 is 10.2 Å². The van der Waals surface area contributed by atoms with E-state index in [1.54, 1.807) is 0 Å². The molecule has 0 saturated heterocycles. The Kier molecular flexibility index (Phi) is 7.60. The average Bonchev–Trinajstić information content (AvgIpc) is 2.21. The summed E-state index contributed by atoms with van der Waals surface area (Å²) in [5, 5.41) is 2.30. The van der Waals surface area contributed by atoms with Gasteiger partial charge in [-0.2, -0.15) is 0 Å². The fourth-order valence-corrected chi connectivity index (χ4v) is 1.49. The molecular weight excluding hydrogens is 221 g/mol. The van der Waals surface area contributed by atoms with Crippen molar-refractivity contribution >= 4 is 14.2 Å². The number of hydrogen-bond acceptors (Lipinski definition) is 4. The van der Waals surface area contributed by atoms with Crippen molar-refractivity contribution in [2.75, 3.05) is 19.8 Å². The number of carbonyl (C=O) groups is 1. The molecule has 0 aliphatic carbocycles. The van der Waals surface area contributed by atoms with Gasteiger partial charge in [0.15, 0.2) is 0 Å². The van der Waals surface area contributed by atoms with Crippen LogP contribution in [0.3, 0.4) is 0 Å². The van der Waals surface area contributed by atoms with Crippen LogP contribution in [-0.4, -0.2) is 31.1 Å². The number of phosphoric acid groups is 1. The summed E-state index contributed by atoms with van der Waals surface area (Å²) in [4.78, 5) is 19.0. The molecule has 0 aliphatic heterocycles. The Labute approximate surface area is 89.6 Å². The van der Waals surface area contributed by atoms with Gasteiger partial charge in [0.05, 0.1) is 13.2 Å². The Morgan fingerprint density at radius 3 is 2.73 bits per heavy atom. The predicted molar refractivity (Wildman–Crippen MR) is 55.3 cm³/mol. The summed E-state index contributed by atoms with van der Waals surface area (Å²) in [6.07, 6.45) is 1.36. The van der Waals surface area contributed by atoms with Gasteiger partial charge >= 0.3 is 7.82 Å². The van der Waals surface area contributed by atoms with E-state index in [1.165, 1.54) is 0 Å². The standard InChI is InChI=1S/C8H18NO5P/c1-3-8(2)6-14-15(11,12)13-5-4-9-7-10/h7-8H,3-6H2,1-2H3,(H,9,10)(H,11,12). The molecule has 0 spiro atoms. The van der Waals surface area contributed by atoms with Gasteiger partial charge in [0.2, 0.25) is 6.41 Å². The van der Waals surface area contributed by atoms with E-state index in [0.717, 1.165) is 6.42 Å². The largest absolute Gasteiger partial charge is 0.472 e. The maximum absolute atomic E-state index is 11.2. The molecule has 6 nitrogen and oxygen atoms in total. The van der Waals surface area contributed by atoms with E-state index in [0.29, 0.717) is 6.41 Å². The van der Waals surface area contributed by atoms with Gasteiger partial charge in [0.25, 0.3) is 0 Å². The Balaban J connectivity index is 3.66. The minimum absolute atomic E-state index is 0.0486. The highest BCUT2D eigenvalue weighted by Gasteiger charge is 2.21. The lowest BCUT2D eigenvalue weighted by molar-refractivity contribution is -0.109. The van der Waals surface area contributed by atoms with Gasteiger partial charge in [-0.05, 0) is 5.92 Å². The SMILES string of the molecule is CCC(C)COP(=O)(O)OCCNC=O. The molecule has 7 heteroatoms. The van der Waals surface area contributed by atoms with Crippen LogP contribution in [0.25, 0.3) is 0 Å². The third kappa shape index (κ3) is 8.57. The molecule has 2 atom stereocenters. The smallest absolute Gasteiger partial charge is 0.356 e.